The standard InChI is InChI=1S/C15H13Cl3O3/c1-20-13-5-8(16)3-4-9(13)15(19)10-6-12(18)14(21-2)7-11(10)17/h3-7,15,19H,1-2H3. The second-order valence-corrected chi connectivity index (χ2v) is 5.55. The Morgan fingerprint density at radius 1 is 0.857 bits per heavy atom. The van der Waals surface area contributed by atoms with Crippen molar-refractivity contribution in [3.8, 4) is 11.5 Å². The molecule has 0 saturated heterocycles. The molecule has 0 aliphatic heterocycles. The van der Waals surface area contributed by atoms with E-state index in [9.17, 15) is 5.11 Å². The molecule has 2 aromatic carbocycles. The van der Waals surface area contributed by atoms with E-state index < -0.39 is 6.10 Å². The van der Waals surface area contributed by atoms with Gasteiger partial charge in [-0.05, 0) is 18.2 Å². The third-order valence-electron chi connectivity index (χ3n) is 3.06. The highest BCUT2D eigenvalue weighted by Gasteiger charge is 2.20. The highest BCUT2D eigenvalue weighted by atomic mass is 35.5. The number of rotatable bonds is 4. The van der Waals surface area contributed by atoms with Crippen LogP contribution in [-0.4, -0.2) is 19.3 Å². The third kappa shape index (κ3) is 3.38. The van der Waals surface area contributed by atoms with Crippen molar-refractivity contribution in [1.82, 2.24) is 0 Å². The Balaban J connectivity index is 2.50. The van der Waals surface area contributed by atoms with Crippen molar-refractivity contribution in [3.05, 3.63) is 56.5 Å². The number of methoxy groups -OCH3 is 2. The molecule has 1 N–H and O–H groups in total. The third-order valence-corrected chi connectivity index (χ3v) is 3.91. The van der Waals surface area contributed by atoms with Crippen LogP contribution in [0.15, 0.2) is 30.3 Å². The van der Waals surface area contributed by atoms with Gasteiger partial charge in [-0.1, -0.05) is 40.9 Å². The fourth-order valence-electron chi connectivity index (χ4n) is 1.99. The van der Waals surface area contributed by atoms with Crippen molar-refractivity contribution in [1.29, 1.82) is 0 Å². The highest BCUT2D eigenvalue weighted by molar-refractivity contribution is 6.34. The van der Waals surface area contributed by atoms with Gasteiger partial charge in [-0.25, -0.2) is 0 Å². The first-order chi connectivity index (χ1) is 9.97. The van der Waals surface area contributed by atoms with Gasteiger partial charge in [0.05, 0.1) is 24.3 Å². The highest BCUT2D eigenvalue weighted by Crippen LogP contribution is 2.39. The van der Waals surface area contributed by atoms with E-state index >= 15 is 0 Å². The van der Waals surface area contributed by atoms with Crippen LogP contribution in [0.1, 0.15) is 17.2 Å². The molecule has 0 aliphatic rings. The van der Waals surface area contributed by atoms with Gasteiger partial charge in [0.15, 0.2) is 0 Å². The molecular formula is C15H13Cl3O3. The number of hydrogen-bond acceptors (Lipinski definition) is 3. The Kier molecular flexibility index (Phi) is 5.22. The minimum absolute atomic E-state index is 0.348. The van der Waals surface area contributed by atoms with Crippen LogP contribution in [0.4, 0.5) is 0 Å². The zero-order valence-electron chi connectivity index (χ0n) is 11.4. The summed E-state index contributed by atoms with van der Waals surface area (Å²) >= 11 is 18.2. The average molecular weight is 348 g/mol. The predicted octanol–water partition coefficient (Wildman–Crippen LogP) is 4.75. The van der Waals surface area contributed by atoms with Crippen LogP contribution in [0, 0.1) is 0 Å². The number of hydrogen-bond donors (Lipinski definition) is 1. The number of halogens is 3. The molecular weight excluding hydrogens is 335 g/mol. The number of aliphatic hydroxyl groups is 1. The maximum absolute atomic E-state index is 10.6. The van der Waals surface area contributed by atoms with Gasteiger partial charge in [0.2, 0.25) is 0 Å². The Hall–Kier alpha value is -1.13. The molecule has 1 unspecified atom stereocenters. The van der Waals surface area contributed by atoms with Crippen molar-refractivity contribution in [2.45, 2.75) is 6.10 Å². The van der Waals surface area contributed by atoms with Crippen molar-refractivity contribution < 1.29 is 14.6 Å². The molecule has 0 heterocycles. The van der Waals surface area contributed by atoms with Crippen molar-refractivity contribution in [3.63, 3.8) is 0 Å². The molecule has 0 amide bonds. The molecule has 6 heteroatoms. The van der Waals surface area contributed by atoms with E-state index in [4.69, 9.17) is 44.3 Å². The molecule has 1 atom stereocenters. The van der Waals surface area contributed by atoms with Crippen LogP contribution >= 0.6 is 34.8 Å². The van der Waals surface area contributed by atoms with E-state index in [0.29, 0.717) is 37.7 Å². The van der Waals surface area contributed by atoms with Crippen LogP contribution in [0.25, 0.3) is 0 Å². The minimum atomic E-state index is -0.992. The summed E-state index contributed by atoms with van der Waals surface area (Å²) in [6.45, 7) is 0. The van der Waals surface area contributed by atoms with Gasteiger partial charge in [-0.3, -0.25) is 0 Å². The van der Waals surface area contributed by atoms with Gasteiger partial charge < -0.3 is 14.6 Å². The molecule has 0 radical (unpaired) electrons. The average Bonchev–Trinajstić information content (AvgIpc) is 2.48. The van der Waals surface area contributed by atoms with Crippen LogP contribution in [0.2, 0.25) is 15.1 Å². The smallest absolute Gasteiger partial charge is 0.138 e. The first kappa shape index (κ1) is 16.2. The first-order valence-electron chi connectivity index (χ1n) is 6.02. The lowest BCUT2D eigenvalue weighted by Crippen LogP contribution is -2.03. The Morgan fingerprint density at radius 3 is 2.14 bits per heavy atom. The Morgan fingerprint density at radius 2 is 1.52 bits per heavy atom. The number of ether oxygens (including phenoxy) is 2. The summed E-state index contributed by atoms with van der Waals surface area (Å²) in [7, 11) is 3.00. The lowest BCUT2D eigenvalue weighted by molar-refractivity contribution is 0.214. The van der Waals surface area contributed by atoms with E-state index in [2.05, 4.69) is 0 Å². The van der Waals surface area contributed by atoms with Gasteiger partial charge in [0, 0.05) is 22.2 Å². The van der Waals surface area contributed by atoms with Crippen molar-refractivity contribution in [2.24, 2.45) is 0 Å². The summed E-state index contributed by atoms with van der Waals surface area (Å²) in [6, 6.07) is 8.10. The van der Waals surface area contributed by atoms with Crippen LogP contribution in [0.5, 0.6) is 11.5 Å². The summed E-state index contributed by atoms with van der Waals surface area (Å²) < 4.78 is 10.3. The fourth-order valence-corrected chi connectivity index (χ4v) is 2.66. The topological polar surface area (TPSA) is 38.7 Å². The van der Waals surface area contributed by atoms with Crippen LogP contribution in [0.3, 0.4) is 0 Å². The van der Waals surface area contributed by atoms with E-state index in [1.54, 1.807) is 30.3 Å². The minimum Gasteiger partial charge on any atom is -0.496 e. The van der Waals surface area contributed by atoms with E-state index in [1.807, 2.05) is 0 Å². The molecule has 2 aromatic rings. The molecule has 0 bridgehead atoms. The predicted molar refractivity (Wildman–Crippen MR) is 85.1 cm³/mol. The fraction of sp³-hybridized carbons (Fsp3) is 0.200. The molecule has 21 heavy (non-hydrogen) atoms. The maximum Gasteiger partial charge on any atom is 0.138 e. The van der Waals surface area contributed by atoms with Crippen molar-refractivity contribution in [2.75, 3.05) is 14.2 Å². The summed E-state index contributed by atoms with van der Waals surface area (Å²) in [5.41, 5.74) is 1.01. The Labute approximate surface area is 138 Å². The quantitative estimate of drug-likeness (QED) is 0.867. The van der Waals surface area contributed by atoms with Crippen LogP contribution in [-0.2, 0) is 0 Å². The summed E-state index contributed by atoms with van der Waals surface area (Å²) in [5.74, 6) is 0.915. The molecule has 0 fully saturated rings. The summed E-state index contributed by atoms with van der Waals surface area (Å²) in [5, 5.41) is 11.8. The Bertz CT molecular complexity index is 659. The van der Waals surface area contributed by atoms with Gasteiger partial charge in [0.25, 0.3) is 0 Å². The van der Waals surface area contributed by atoms with E-state index in [1.165, 1.54) is 14.2 Å². The second-order valence-electron chi connectivity index (χ2n) is 4.30. The van der Waals surface area contributed by atoms with Gasteiger partial charge in [-0.2, -0.15) is 0 Å². The van der Waals surface area contributed by atoms with Crippen LogP contribution < -0.4 is 9.47 Å². The zero-order valence-corrected chi connectivity index (χ0v) is 13.6. The van der Waals surface area contributed by atoms with Crippen molar-refractivity contribution >= 4 is 34.8 Å². The zero-order chi connectivity index (χ0) is 15.6. The SMILES string of the molecule is COc1cc(Cl)c(C(O)c2ccc(Cl)cc2OC)cc1Cl. The molecule has 0 spiro atoms. The largest absolute Gasteiger partial charge is 0.496 e. The first-order valence-corrected chi connectivity index (χ1v) is 7.15. The lowest BCUT2D eigenvalue weighted by atomic mass is 10.0. The molecule has 3 nitrogen and oxygen atoms in total. The van der Waals surface area contributed by atoms with Gasteiger partial charge in [-0.15, -0.1) is 0 Å². The lowest BCUT2D eigenvalue weighted by Gasteiger charge is -2.17. The molecule has 0 aromatic heterocycles. The second kappa shape index (κ2) is 6.75. The molecule has 2 rings (SSSR count). The molecule has 0 saturated carbocycles. The van der Waals surface area contributed by atoms with E-state index in [-0.39, 0.29) is 0 Å². The van der Waals surface area contributed by atoms with Gasteiger partial charge in [0.1, 0.15) is 17.6 Å². The maximum atomic E-state index is 10.6. The summed E-state index contributed by atoms with van der Waals surface area (Å²) in [6.07, 6.45) is -0.992. The number of aliphatic hydroxyl groups excluding tert-OH is 1. The number of benzene rings is 2. The molecule has 0 aliphatic carbocycles. The monoisotopic (exact) mass is 346 g/mol. The van der Waals surface area contributed by atoms with E-state index in [0.717, 1.165) is 0 Å². The summed E-state index contributed by atoms with van der Waals surface area (Å²) in [4.78, 5) is 0. The normalized spacial score (nSPS) is 12.1. The van der Waals surface area contributed by atoms with Gasteiger partial charge >= 0.3 is 0 Å². The molecule has 112 valence electrons.